The van der Waals surface area contributed by atoms with Gasteiger partial charge in [-0.25, -0.2) is 13.4 Å². The molecule has 1 aromatic heterocycles. The molecule has 2 aromatic rings. The van der Waals surface area contributed by atoms with Crippen LogP contribution in [0.15, 0.2) is 52.0 Å². The van der Waals surface area contributed by atoms with Gasteiger partial charge in [-0.2, -0.15) is 4.31 Å². The molecule has 1 aliphatic rings. The van der Waals surface area contributed by atoms with Gasteiger partial charge in [0.15, 0.2) is 0 Å². The van der Waals surface area contributed by atoms with E-state index in [1.54, 1.807) is 12.1 Å². The van der Waals surface area contributed by atoms with Crippen molar-refractivity contribution < 1.29 is 13.2 Å². The molecule has 0 radical (unpaired) electrons. The van der Waals surface area contributed by atoms with E-state index in [9.17, 15) is 8.42 Å². The Balaban J connectivity index is 1.51. The maximum absolute atomic E-state index is 12.5. The quantitative estimate of drug-likeness (QED) is 0.671. The second-order valence-corrected chi connectivity index (χ2v) is 8.91. The van der Waals surface area contributed by atoms with E-state index in [2.05, 4.69) is 38.4 Å². The molecule has 8 heteroatoms. The number of nitrogens with zero attached hydrogens (tertiary/aromatic N) is 2. The lowest BCUT2D eigenvalue weighted by molar-refractivity contribution is 0.0730. The molecule has 1 N–H and O–H groups in total. The van der Waals surface area contributed by atoms with Crippen LogP contribution in [-0.2, 0) is 21.2 Å². The monoisotopic (exact) mass is 439 g/mol. The molecule has 140 valence electrons. The van der Waals surface area contributed by atoms with Crippen LogP contribution in [0.4, 0.5) is 5.82 Å². The summed E-state index contributed by atoms with van der Waals surface area (Å²) in [6, 6.07) is 11.6. The zero-order valence-corrected chi connectivity index (χ0v) is 16.8. The Morgan fingerprint density at radius 3 is 2.69 bits per heavy atom. The fourth-order valence-corrected chi connectivity index (χ4v) is 4.58. The second-order valence-electron chi connectivity index (χ2n) is 6.06. The maximum Gasteiger partial charge on any atom is 0.244 e. The van der Waals surface area contributed by atoms with Gasteiger partial charge in [-0.3, -0.25) is 0 Å². The van der Waals surface area contributed by atoms with Crippen LogP contribution in [0.1, 0.15) is 12.0 Å². The van der Waals surface area contributed by atoms with E-state index in [4.69, 9.17) is 4.74 Å². The largest absolute Gasteiger partial charge is 0.379 e. The molecule has 0 aliphatic carbocycles. The number of aryl methyl sites for hydroxylation is 1. The normalized spacial score (nSPS) is 15.7. The van der Waals surface area contributed by atoms with E-state index in [-0.39, 0.29) is 4.90 Å². The van der Waals surface area contributed by atoms with Crippen LogP contribution in [-0.4, -0.2) is 50.6 Å². The van der Waals surface area contributed by atoms with Gasteiger partial charge < -0.3 is 10.1 Å². The first-order chi connectivity index (χ1) is 12.6. The summed E-state index contributed by atoms with van der Waals surface area (Å²) in [5.74, 6) is 0.681. The third kappa shape index (κ3) is 5.03. The first-order valence-electron chi connectivity index (χ1n) is 8.58. The predicted octanol–water partition coefficient (Wildman–Crippen LogP) is 2.91. The highest BCUT2D eigenvalue weighted by Gasteiger charge is 2.26. The van der Waals surface area contributed by atoms with Gasteiger partial charge in [0.25, 0.3) is 0 Å². The van der Waals surface area contributed by atoms with E-state index in [1.165, 1.54) is 16.1 Å². The number of benzene rings is 1. The van der Waals surface area contributed by atoms with Crippen molar-refractivity contribution in [3.8, 4) is 0 Å². The lowest BCUT2D eigenvalue weighted by Gasteiger charge is -2.25. The zero-order chi connectivity index (χ0) is 18.4. The van der Waals surface area contributed by atoms with Gasteiger partial charge in [-0.05, 0) is 42.7 Å². The van der Waals surface area contributed by atoms with Crippen LogP contribution in [0.2, 0.25) is 0 Å². The number of anilines is 1. The highest BCUT2D eigenvalue weighted by Crippen LogP contribution is 2.18. The lowest BCUT2D eigenvalue weighted by atomic mass is 10.1. The van der Waals surface area contributed by atoms with E-state index in [0.29, 0.717) is 32.1 Å². The topological polar surface area (TPSA) is 71.5 Å². The zero-order valence-electron chi connectivity index (χ0n) is 14.4. The first-order valence-corrected chi connectivity index (χ1v) is 10.8. The van der Waals surface area contributed by atoms with Gasteiger partial charge in [-0.1, -0.05) is 28.1 Å². The number of halogens is 1. The second kappa shape index (κ2) is 8.94. The predicted molar refractivity (Wildman–Crippen MR) is 105 cm³/mol. The maximum atomic E-state index is 12.5. The molecule has 0 bridgehead atoms. The molecular formula is C18H22BrN3O3S. The first kappa shape index (κ1) is 19.3. The molecule has 0 atom stereocenters. The fourth-order valence-electron chi connectivity index (χ4n) is 2.77. The molecule has 0 spiro atoms. The molecule has 2 heterocycles. The minimum Gasteiger partial charge on any atom is -0.379 e. The van der Waals surface area contributed by atoms with Gasteiger partial charge in [0.05, 0.1) is 13.2 Å². The van der Waals surface area contributed by atoms with Crippen LogP contribution >= 0.6 is 15.9 Å². The van der Waals surface area contributed by atoms with Crippen LogP contribution < -0.4 is 5.32 Å². The van der Waals surface area contributed by atoms with Crippen molar-refractivity contribution in [2.24, 2.45) is 0 Å². The van der Waals surface area contributed by atoms with Crippen LogP contribution in [0.25, 0.3) is 0 Å². The Kier molecular flexibility index (Phi) is 6.63. The summed E-state index contributed by atoms with van der Waals surface area (Å²) >= 11 is 3.47. The molecule has 0 saturated carbocycles. The van der Waals surface area contributed by atoms with Crippen molar-refractivity contribution in [3.63, 3.8) is 0 Å². The van der Waals surface area contributed by atoms with Crippen molar-refractivity contribution in [1.29, 1.82) is 0 Å². The Hall–Kier alpha value is -1.48. The molecule has 1 aliphatic heterocycles. The van der Waals surface area contributed by atoms with Crippen molar-refractivity contribution in [2.45, 2.75) is 17.7 Å². The summed E-state index contributed by atoms with van der Waals surface area (Å²) in [7, 11) is -3.49. The van der Waals surface area contributed by atoms with Crippen molar-refractivity contribution in [2.75, 3.05) is 38.2 Å². The van der Waals surface area contributed by atoms with E-state index in [1.807, 2.05) is 12.1 Å². The number of hydrogen-bond acceptors (Lipinski definition) is 5. The molecule has 0 unspecified atom stereocenters. The van der Waals surface area contributed by atoms with E-state index >= 15 is 0 Å². The van der Waals surface area contributed by atoms with Gasteiger partial charge in [0, 0.05) is 30.3 Å². The van der Waals surface area contributed by atoms with E-state index < -0.39 is 10.0 Å². The molecule has 3 rings (SSSR count). The summed E-state index contributed by atoms with van der Waals surface area (Å²) in [4.78, 5) is 4.46. The average molecular weight is 440 g/mol. The number of nitrogens with one attached hydrogen (secondary N) is 1. The molecule has 1 saturated heterocycles. The van der Waals surface area contributed by atoms with Crippen LogP contribution in [0, 0.1) is 0 Å². The molecule has 6 nitrogen and oxygen atoms in total. The number of ether oxygens (including phenoxy) is 1. The summed E-state index contributed by atoms with van der Waals surface area (Å²) in [6.07, 6.45) is 3.35. The van der Waals surface area contributed by atoms with E-state index in [0.717, 1.165) is 23.9 Å². The summed E-state index contributed by atoms with van der Waals surface area (Å²) in [5.41, 5.74) is 1.28. The van der Waals surface area contributed by atoms with Gasteiger partial charge in [0.1, 0.15) is 10.7 Å². The minimum absolute atomic E-state index is 0.221. The minimum atomic E-state index is -3.49. The van der Waals surface area contributed by atoms with Crippen molar-refractivity contribution in [1.82, 2.24) is 9.29 Å². The van der Waals surface area contributed by atoms with Crippen molar-refractivity contribution in [3.05, 3.63) is 52.6 Å². The summed E-state index contributed by atoms with van der Waals surface area (Å²) in [5, 5.41) is 3.24. The number of morpholine rings is 1. The molecule has 0 amide bonds. The molecule has 1 aromatic carbocycles. The average Bonchev–Trinajstić information content (AvgIpc) is 2.66. The molecule has 26 heavy (non-hydrogen) atoms. The number of hydrogen-bond donors (Lipinski definition) is 1. The molecular weight excluding hydrogens is 418 g/mol. The Morgan fingerprint density at radius 1 is 1.19 bits per heavy atom. The van der Waals surface area contributed by atoms with Gasteiger partial charge in [0.2, 0.25) is 10.0 Å². The third-order valence-electron chi connectivity index (χ3n) is 4.18. The number of aromatic nitrogens is 1. The smallest absolute Gasteiger partial charge is 0.244 e. The SMILES string of the molecule is O=S(=O)(c1ccc(NCCCc2cccc(Br)c2)nc1)N1CCOCC1. The Morgan fingerprint density at radius 2 is 2.00 bits per heavy atom. The van der Waals surface area contributed by atoms with Crippen LogP contribution in [0.3, 0.4) is 0 Å². The standard InChI is InChI=1S/C18H22BrN3O3S/c19-16-5-1-3-15(13-16)4-2-8-20-18-7-6-17(14-21-18)26(23,24)22-9-11-25-12-10-22/h1,3,5-7,13-14H,2,4,8-12H2,(H,20,21). The molecule has 1 fully saturated rings. The number of rotatable bonds is 7. The van der Waals surface area contributed by atoms with Gasteiger partial charge >= 0.3 is 0 Å². The highest BCUT2D eigenvalue weighted by molar-refractivity contribution is 9.10. The Bertz CT molecular complexity index is 822. The lowest BCUT2D eigenvalue weighted by Crippen LogP contribution is -2.40. The summed E-state index contributed by atoms with van der Waals surface area (Å²) in [6.45, 7) is 2.42. The fraction of sp³-hybridized carbons (Fsp3) is 0.389. The van der Waals surface area contributed by atoms with Crippen molar-refractivity contribution >= 4 is 31.8 Å². The Labute approximate surface area is 162 Å². The highest BCUT2D eigenvalue weighted by atomic mass is 79.9. The third-order valence-corrected chi connectivity index (χ3v) is 6.56. The number of pyridine rings is 1. The summed E-state index contributed by atoms with van der Waals surface area (Å²) < 4.78 is 32.8. The van der Waals surface area contributed by atoms with Crippen LogP contribution in [0.5, 0.6) is 0 Å². The number of sulfonamides is 1. The van der Waals surface area contributed by atoms with Gasteiger partial charge in [-0.15, -0.1) is 0 Å².